The summed E-state index contributed by atoms with van der Waals surface area (Å²) in [6.07, 6.45) is 0. The van der Waals surface area contributed by atoms with Crippen molar-refractivity contribution in [1.29, 1.82) is 0 Å². The molecule has 0 saturated carbocycles. The van der Waals surface area contributed by atoms with Crippen LogP contribution in [-0.4, -0.2) is 38.0 Å². The molecule has 0 fully saturated rings. The fourth-order valence-corrected chi connectivity index (χ4v) is 2.47. The molecule has 7 nitrogen and oxygen atoms in total. The smallest absolute Gasteiger partial charge is 0.338 e. The molecule has 2 aromatic carbocycles. The molecule has 27 heavy (non-hydrogen) atoms. The number of anilines is 2. The van der Waals surface area contributed by atoms with Crippen molar-refractivity contribution in [2.45, 2.75) is 13.8 Å². The Balaban J connectivity index is 2.08. The van der Waals surface area contributed by atoms with Gasteiger partial charge in [-0.2, -0.15) is 0 Å². The summed E-state index contributed by atoms with van der Waals surface area (Å²) in [5.74, 6) is -0.583. The first kappa shape index (κ1) is 20.0. The highest BCUT2D eigenvalue weighted by molar-refractivity contribution is 6.02. The van der Waals surface area contributed by atoms with Crippen molar-refractivity contribution in [3.05, 3.63) is 54.1 Å². The average Bonchev–Trinajstić information content (AvgIpc) is 2.66. The van der Waals surface area contributed by atoms with E-state index in [1.54, 1.807) is 55.5 Å². The molecular formula is C20H22N2O5. The number of para-hydroxylation sites is 2. The summed E-state index contributed by atoms with van der Waals surface area (Å²) in [5.41, 5.74) is 1.42. The predicted molar refractivity (Wildman–Crippen MR) is 102 cm³/mol. The zero-order valence-electron chi connectivity index (χ0n) is 15.5. The standard InChI is InChI=1S/C20H22N2O5/c1-4-27-20(25)15-9-11-16(12-10-15)21-19(24)13-22(14(2)23)17-7-5-6-8-18(17)26-3/h5-12H,4,13H2,1-3H3,(H,21,24). The van der Waals surface area contributed by atoms with Gasteiger partial charge >= 0.3 is 5.97 Å². The van der Waals surface area contributed by atoms with Crippen molar-refractivity contribution in [1.82, 2.24) is 0 Å². The first-order valence-electron chi connectivity index (χ1n) is 8.44. The highest BCUT2D eigenvalue weighted by atomic mass is 16.5. The number of amides is 2. The number of nitrogens with one attached hydrogen (secondary N) is 1. The molecule has 0 atom stereocenters. The molecule has 7 heteroatoms. The van der Waals surface area contributed by atoms with Gasteiger partial charge in [-0.15, -0.1) is 0 Å². The Hall–Kier alpha value is -3.35. The summed E-state index contributed by atoms with van der Waals surface area (Å²) in [6.45, 7) is 3.24. The van der Waals surface area contributed by atoms with E-state index in [4.69, 9.17) is 9.47 Å². The fraction of sp³-hybridized carbons (Fsp3) is 0.250. The Morgan fingerprint density at radius 2 is 1.70 bits per heavy atom. The molecule has 0 spiro atoms. The number of ether oxygens (including phenoxy) is 2. The van der Waals surface area contributed by atoms with Crippen molar-refractivity contribution in [3.8, 4) is 5.75 Å². The second kappa shape index (κ2) is 9.38. The normalized spacial score (nSPS) is 10.0. The summed E-state index contributed by atoms with van der Waals surface area (Å²) in [4.78, 5) is 37.4. The van der Waals surface area contributed by atoms with Gasteiger partial charge in [0.15, 0.2) is 0 Å². The fourth-order valence-electron chi connectivity index (χ4n) is 2.47. The van der Waals surface area contributed by atoms with Crippen molar-refractivity contribution in [2.24, 2.45) is 0 Å². The maximum atomic E-state index is 12.4. The summed E-state index contributed by atoms with van der Waals surface area (Å²) < 4.78 is 10.2. The van der Waals surface area contributed by atoms with Crippen molar-refractivity contribution < 1.29 is 23.9 Å². The summed E-state index contributed by atoms with van der Waals surface area (Å²) in [7, 11) is 1.50. The van der Waals surface area contributed by atoms with Gasteiger partial charge in [0.05, 0.1) is 25.0 Å². The van der Waals surface area contributed by atoms with Gasteiger partial charge < -0.3 is 14.8 Å². The van der Waals surface area contributed by atoms with E-state index in [0.29, 0.717) is 29.3 Å². The van der Waals surface area contributed by atoms with Crippen LogP contribution < -0.4 is 15.0 Å². The zero-order chi connectivity index (χ0) is 19.8. The first-order valence-corrected chi connectivity index (χ1v) is 8.44. The van der Waals surface area contributed by atoms with Crippen molar-refractivity contribution >= 4 is 29.2 Å². The number of hydrogen-bond acceptors (Lipinski definition) is 5. The van der Waals surface area contributed by atoms with Crippen LogP contribution in [0.5, 0.6) is 5.75 Å². The molecule has 2 aromatic rings. The van der Waals surface area contributed by atoms with Crippen molar-refractivity contribution in [2.75, 3.05) is 30.5 Å². The summed E-state index contributed by atoms with van der Waals surface area (Å²) >= 11 is 0. The minimum Gasteiger partial charge on any atom is -0.495 e. The molecule has 0 heterocycles. The van der Waals surface area contributed by atoms with E-state index in [9.17, 15) is 14.4 Å². The molecule has 0 bridgehead atoms. The van der Waals surface area contributed by atoms with Gasteiger partial charge in [-0.3, -0.25) is 14.5 Å². The second-order valence-corrected chi connectivity index (χ2v) is 5.62. The quantitative estimate of drug-likeness (QED) is 0.758. The van der Waals surface area contributed by atoms with E-state index in [1.165, 1.54) is 18.9 Å². The highest BCUT2D eigenvalue weighted by Crippen LogP contribution is 2.27. The first-order chi connectivity index (χ1) is 13.0. The number of esters is 1. The lowest BCUT2D eigenvalue weighted by Crippen LogP contribution is -2.36. The Labute approximate surface area is 157 Å². The lowest BCUT2D eigenvalue weighted by molar-refractivity contribution is -0.120. The SMILES string of the molecule is CCOC(=O)c1ccc(NC(=O)CN(C(C)=O)c2ccccc2OC)cc1. The van der Waals surface area contributed by atoms with E-state index in [0.717, 1.165) is 0 Å². The van der Waals surface area contributed by atoms with Crippen LogP contribution in [0, 0.1) is 0 Å². The lowest BCUT2D eigenvalue weighted by atomic mass is 10.2. The van der Waals surface area contributed by atoms with Gasteiger partial charge in [-0.05, 0) is 43.3 Å². The van der Waals surface area contributed by atoms with Crippen LogP contribution in [0.4, 0.5) is 11.4 Å². The number of carbonyl (C=O) groups excluding carboxylic acids is 3. The van der Waals surface area contributed by atoms with Gasteiger partial charge in [-0.1, -0.05) is 12.1 Å². The molecule has 0 aliphatic heterocycles. The van der Waals surface area contributed by atoms with Gasteiger partial charge in [-0.25, -0.2) is 4.79 Å². The van der Waals surface area contributed by atoms with Crippen LogP contribution in [0.15, 0.2) is 48.5 Å². The maximum Gasteiger partial charge on any atom is 0.338 e. The third-order valence-corrected chi connectivity index (χ3v) is 3.74. The van der Waals surface area contributed by atoms with E-state index >= 15 is 0 Å². The number of rotatable bonds is 7. The van der Waals surface area contributed by atoms with Crippen LogP contribution >= 0.6 is 0 Å². The molecule has 2 rings (SSSR count). The molecule has 0 unspecified atom stereocenters. The summed E-state index contributed by atoms with van der Waals surface area (Å²) in [6, 6.07) is 13.3. The molecule has 1 N–H and O–H groups in total. The minimum atomic E-state index is -0.422. The molecule has 0 aliphatic carbocycles. The van der Waals surface area contributed by atoms with E-state index < -0.39 is 5.97 Å². The molecule has 0 aromatic heterocycles. The molecule has 0 radical (unpaired) electrons. The topological polar surface area (TPSA) is 84.9 Å². The molecule has 142 valence electrons. The van der Waals surface area contributed by atoms with Gasteiger partial charge in [0.2, 0.25) is 11.8 Å². The number of nitrogens with zero attached hydrogens (tertiary/aromatic N) is 1. The van der Waals surface area contributed by atoms with Crippen molar-refractivity contribution in [3.63, 3.8) is 0 Å². The largest absolute Gasteiger partial charge is 0.495 e. The third kappa shape index (κ3) is 5.31. The van der Waals surface area contributed by atoms with Crippen LogP contribution in [0.3, 0.4) is 0 Å². The van der Waals surface area contributed by atoms with Crippen LogP contribution in [-0.2, 0) is 14.3 Å². The molecule has 0 saturated heterocycles. The molecular weight excluding hydrogens is 348 g/mol. The maximum absolute atomic E-state index is 12.4. The number of benzene rings is 2. The number of methoxy groups -OCH3 is 1. The van der Waals surface area contributed by atoms with Crippen LogP contribution in [0.25, 0.3) is 0 Å². The highest BCUT2D eigenvalue weighted by Gasteiger charge is 2.19. The second-order valence-electron chi connectivity index (χ2n) is 5.62. The third-order valence-electron chi connectivity index (χ3n) is 3.74. The van der Waals surface area contributed by atoms with Gasteiger partial charge in [0.25, 0.3) is 0 Å². The predicted octanol–water partition coefficient (Wildman–Crippen LogP) is 2.86. The minimum absolute atomic E-state index is 0.171. The number of carbonyl (C=O) groups is 3. The number of hydrogen-bond donors (Lipinski definition) is 1. The van der Waals surface area contributed by atoms with E-state index in [2.05, 4.69) is 5.32 Å². The zero-order valence-corrected chi connectivity index (χ0v) is 15.5. The van der Waals surface area contributed by atoms with Crippen LogP contribution in [0.2, 0.25) is 0 Å². The average molecular weight is 370 g/mol. The monoisotopic (exact) mass is 370 g/mol. The van der Waals surface area contributed by atoms with Crippen LogP contribution in [0.1, 0.15) is 24.2 Å². The Kier molecular flexibility index (Phi) is 6.93. The van der Waals surface area contributed by atoms with Gasteiger partial charge in [0, 0.05) is 12.6 Å². The van der Waals surface area contributed by atoms with E-state index in [1.807, 2.05) is 0 Å². The lowest BCUT2D eigenvalue weighted by Gasteiger charge is -2.22. The molecule has 0 aliphatic rings. The van der Waals surface area contributed by atoms with E-state index in [-0.39, 0.29) is 18.4 Å². The Morgan fingerprint density at radius 3 is 2.30 bits per heavy atom. The Morgan fingerprint density at radius 1 is 1.04 bits per heavy atom. The molecule has 2 amide bonds. The summed E-state index contributed by atoms with van der Waals surface area (Å²) in [5, 5.41) is 2.71. The Bertz CT molecular complexity index is 817. The van der Waals surface area contributed by atoms with Gasteiger partial charge in [0.1, 0.15) is 12.3 Å².